The van der Waals surface area contributed by atoms with Gasteiger partial charge in [0, 0.05) is 17.3 Å². The molecule has 1 aromatic heterocycles. The molecule has 1 atom stereocenters. The number of amides is 1. The SMILES string of the molecule is CC(CCc1ccc(F)c(F)c1)NC(=O)c1cc(Cl)ccn1. The summed E-state index contributed by atoms with van der Waals surface area (Å²) < 4.78 is 25.9. The van der Waals surface area contributed by atoms with E-state index >= 15 is 0 Å². The molecule has 1 aromatic carbocycles. The van der Waals surface area contributed by atoms with Gasteiger partial charge in [-0.2, -0.15) is 0 Å². The third-order valence-electron chi connectivity index (χ3n) is 3.18. The number of carbonyl (C=O) groups is 1. The molecule has 116 valence electrons. The lowest BCUT2D eigenvalue weighted by atomic mass is 10.1. The lowest BCUT2D eigenvalue weighted by Gasteiger charge is -2.13. The van der Waals surface area contributed by atoms with Gasteiger partial charge >= 0.3 is 0 Å². The van der Waals surface area contributed by atoms with Crippen LogP contribution in [0.3, 0.4) is 0 Å². The molecule has 0 aliphatic heterocycles. The van der Waals surface area contributed by atoms with E-state index < -0.39 is 11.6 Å². The van der Waals surface area contributed by atoms with Crippen LogP contribution in [-0.4, -0.2) is 16.9 Å². The Balaban J connectivity index is 1.88. The maximum absolute atomic E-state index is 13.1. The number of halogens is 3. The maximum Gasteiger partial charge on any atom is 0.270 e. The molecule has 0 aliphatic rings. The van der Waals surface area contributed by atoms with Crippen molar-refractivity contribution in [2.75, 3.05) is 0 Å². The van der Waals surface area contributed by atoms with Gasteiger partial charge in [-0.1, -0.05) is 17.7 Å². The first-order chi connectivity index (χ1) is 10.5. The number of hydrogen-bond donors (Lipinski definition) is 1. The molecule has 1 unspecified atom stereocenters. The highest BCUT2D eigenvalue weighted by atomic mass is 35.5. The van der Waals surface area contributed by atoms with Crippen LogP contribution in [0.2, 0.25) is 5.02 Å². The van der Waals surface area contributed by atoms with E-state index in [0.717, 1.165) is 6.07 Å². The summed E-state index contributed by atoms with van der Waals surface area (Å²) in [5.41, 5.74) is 0.924. The Morgan fingerprint density at radius 2 is 2.05 bits per heavy atom. The van der Waals surface area contributed by atoms with Crippen molar-refractivity contribution in [3.63, 3.8) is 0 Å². The van der Waals surface area contributed by atoms with Gasteiger partial charge in [0.05, 0.1) is 0 Å². The third kappa shape index (κ3) is 4.49. The largest absolute Gasteiger partial charge is 0.348 e. The molecule has 0 radical (unpaired) electrons. The number of rotatable bonds is 5. The van der Waals surface area contributed by atoms with E-state index in [4.69, 9.17) is 11.6 Å². The summed E-state index contributed by atoms with van der Waals surface area (Å²) in [6, 6.07) is 6.74. The average Bonchev–Trinajstić information content (AvgIpc) is 2.48. The van der Waals surface area contributed by atoms with Crippen LogP contribution in [0.4, 0.5) is 8.78 Å². The van der Waals surface area contributed by atoms with Crippen molar-refractivity contribution in [1.82, 2.24) is 10.3 Å². The summed E-state index contributed by atoms with van der Waals surface area (Å²) in [6.07, 6.45) is 2.59. The summed E-state index contributed by atoms with van der Waals surface area (Å²) in [4.78, 5) is 15.9. The second-order valence-corrected chi connectivity index (χ2v) is 5.46. The van der Waals surface area contributed by atoms with Crippen molar-refractivity contribution in [2.24, 2.45) is 0 Å². The van der Waals surface area contributed by atoms with Crippen molar-refractivity contribution < 1.29 is 13.6 Å². The molecule has 0 bridgehead atoms. The zero-order valence-corrected chi connectivity index (χ0v) is 12.7. The van der Waals surface area contributed by atoms with Crippen molar-refractivity contribution >= 4 is 17.5 Å². The van der Waals surface area contributed by atoms with Gasteiger partial charge in [-0.15, -0.1) is 0 Å². The minimum atomic E-state index is -0.864. The van der Waals surface area contributed by atoms with Gasteiger partial charge in [-0.3, -0.25) is 9.78 Å². The first kappa shape index (κ1) is 16.4. The molecule has 0 spiro atoms. The number of nitrogens with zero attached hydrogens (tertiary/aromatic N) is 1. The van der Waals surface area contributed by atoms with E-state index in [1.165, 1.54) is 24.4 Å². The summed E-state index contributed by atoms with van der Waals surface area (Å²) in [7, 11) is 0. The number of benzene rings is 1. The van der Waals surface area contributed by atoms with Crippen LogP contribution in [-0.2, 0) is 6.42 Å². The molecule has 1 amide bonds. The van der Waals surface area contributed by atoms with E-state index in [2.05, 4.69) is 10.3 Å². The van der Waals surface area contributed by atoms with Crippen LogP contribution in [0, 0.1) is 11.6 Å². The van der Waals surface area contributed by atoms with Gasteiger partial charge in [-0.05, 0) is 49.6 Å². The fraction of sp³-hybridized carbons (Fsp3) is 0.250. The van der Waals surface area contributed by atoms with E-state index in [-0.39, 0.29) is 17.6 Å². The Labute approximate surface area is 132 Å². The zero-order chi connectivity index (χ0) is 16.1. The summed E-state index contributed by atoms with van der Waals surface area (Å²) in [5.74, 6) is -2.05. The molecule has 0 saturated heterocycles. The average molecular weight is 325 g/mol. The standard InChI is InChI=1S/C16H15ClF2N2O/c1-10(2-3-11-4-5-13(18)14(19)8-11)21-16(22)15-9-12(17)6-7-20-15/h4-10H,2-3H2,1H3,(H,21,22). The molecular formula is C16H15ClF2N2O. The van der Waals surface area contributed by atoms with Crippen LogP contribution in [0.25, 0.3) is 0 Å². The van der Waals surface area contributed by atoms with Crippen LogP contribution in [0.1, 0.15) is 29.4 Å². The maximum atomic E-state index is 13.1. The molecule has 22 heavy (non-hydrogen) atoms. The number of hydrogen-bond acceptors (Lipinski definition) is 2. The van der Waals surface area contributed by atoms with Gasteiger partial charge in [0.1, 0.15) is 5.69 Å². The van der Waals surface area contributed by atoms with Crippen LogP contribution >= 0.6 is 11.6 Å². The van der Waals surface area contributed by atoms with Gasteiger partial charge in [0.2, 0.25) is 0 Å². The first-order valence-corrected chi connectivity index (χ1v) is 7.20. The molecule has 0 aliphatic carbocycles. The quantitative estimate of drug-likeness (QED) is 0.909. The van der Waals surface area contributed by atoms with Gasteiger partial charge in [0.15, 0.2) is 11.6 Å². The van der Waals surface area contributed by atoms with Gasteiger partial charge < -0.3 is 5.32 Å². The number of carbonyl (C=O) groups excluding carboxylic acids is 1. The van der Waals surface area contributed by atoms with Gasteiger partial charge in [-0.25, -0.2) is 8.78 Å². The minimum absolute atomic E-state index is 0.138. The topological polar surface area (TPSA) is 42.0 Å². The van der Waals surface area contributed by atoms with E-state index in [1.54, 1.807) is 6.07 Å². The lowest BCUT2D eigenvalue weighted by Crippen LogP contribution is -2.33. The predicted octanol–water partition coefficient (Wildman–Crippen LogP) is 3.76. The number of aryl methyl sites for hydroxylation is 1. The second-order valence-electron chi connectivity index (χ2n) is 5.02. The molecule has 2 rings (SSSR count). The third-order valence-corrected chi connectivity index (χ3v) is 3.42. The molecule has 0 saturated carbocycles. The van der Waals surface area contributed by atoms with Crippen LogP contribution in [0.15, 0.2) is 36.5 Å². The number of nitrogens with one attached hydrogen (secondary N) is 1. The fourth-order valence-corrected chi connectivity index (χ4v) is 2.14. The fourth-order valence-electron chi connectivity index (χ4n) is 1.98. The van der Waals surface area contributed by atoms with E-state index in [9.17, 15) is 13.6 Å². The summed E-state index contributed by atoms with van der Waals surface area (Å²) in [6.45, 7) is 1.84. The molecule has 1 heterocycles. The van der Waals surface area contributed by atoms with E-state index in [1.807, 2.05) is 6.92 Å². The highest BCUT2D eigenvalue weighted by Gasteiger charge is 2.12. The Morgan fingerprint density at radius 3 is 2.73 bits per heavy atom. The minimum Gasteiger partial charge on any atom is -0.348 e. The van der Waals surface area contributed by atoms with Crippen LogP contribution in [0.5, 0.6) is 0 Å². The van der Waals surface area contributed by atoms with Crippen molar-refractivity contribution in [2.45, 2.75) is 25.8 Å². The normalized spacial score (nSPS) is 12.0. The molecule has 3 nitrogen and oxygen atoms in total. The predicted molar refractivity (Wildman–Crippen MR) is 80.9 cm³/mol. The first-order valence-electron chi connectivity index (χ1n) is 6.82. The van der Waals surface area contributed by atoms with Crippen LogP contribution < -0.4 is 5.32 Å². The Morgan fingerprint density at radius 1 is 1.27 bits per heavy atom. The molecular weight excluding hydrogens is 310 g/mol. The lowest BCUT2D eigenvalue weighted by molar-refractivity contribution is 0.0933. The molecule has 0 fully saturated rings. The van der Waals surface area contributed by atoms with E-state index in [0.29, 0.717) is 23.4 Å². The highest BCUT2D eigenvalue weighted by molar-refractivity contribution is 6.30. The number of pyridine rings is 1. The van der Waals surface area contributed by atoms with Gasteiger partial charge in [0.25, 0.3) is 5.91 Å². The smallest absolute Gasteiger partial charge is 0.270 e. The zero-order valence-electron chi connectivity index (χ0n) is 11.9. The molecule has 2 aromatic rings. The summed E-state index contributed by atoms with van der Waals surface area (Å²) in [5, 5.41) is 3.23. The second kappa shape index (κ2) is 7.31. The number of aromatic nitrogens is 1. The molecule has 1 N–H and O–H groups in total. The Kier molecular flexibility index (Phi) is 5.44. The Hall–Kier alpha value is -2.01. The molecule has 6 heteroatoms. The van der Waals surface area contributed by atoms with Crippen molar-refractivity contribution in [3.8, 4) is 0 Å². The summed E-state index contributed by atoms with van der Waals surface area (Å²) >= 11 is 5.81. The monoisotopic (exact) mass is 324 g/mol. The highest BCUT2D eigenvalue weighted by Crippen LogP contribution is 2.12. The van der Waals surface area contributed by atoms with Crippen molar-refractivity contribution in [1.29, 1.82) is 0 Å². The van der Waals surface area contributed by atoms with Crippen molar-refractivity contribution in [3.05, 3.63) is 64.4 Å². The Bertz CT molecular complexity index is 679.